The summed E-state index contributed by atoms with van der Waals surface area (Å²) in [5.41, 5.74) is 2.53. The molecule has 2 rings (SSSR count). The first kappa shape index (κ1) is 15.1. The van der Waals surface area contributed by atoms with Crippen molar-refractivity contribution in [2.24, 2.45) is 11.8 Å². The van der Waals surface area contributed by atoms with E-state index in [1.165, 1.54) is 0 Å². The van der Waals surface area contributed by atoms with Gasteiger partial charge >= 0.3 is 6.03 Å². The highest BCUT2D eigenvalue weighted by Crippen LogP contribution is 2.27. The van der Waals surface area contributed by atoms with Crippen molar-refractivity contribution in [1.29, 1.82) is 0 Å². The van der Waals surface area contributed by atoms with E-state index in [2.05, 4.69) is 10.8 Å². The topological polar surface area (TPSA) is 70.7 Å². The molecule has 20 heavy (non-hydrogen) atoms. The number of urea groups is 1. The molecule has 3 amide bonds. The van der Waals surface area contributed by atoms with Gasteiger partial charge in [-0.3, -0.25) is 9.63 Å². The predicted molar refractivity (Wildman–Crippen MR) is 74.8 cm³/mol. The van der Waals surface area contributed by atoms with Crippen LogP contribution < -0.4 is 10.8 Å². The van der Waals surface area contributed by atoms with Gasteiger partial charge in [0.1, 0.15) is 0 Å². The van der Waals surface area contributed by atoms with E-state index in [1.54, 1.807) is 0 Å². The standard InChI is InChI=1S/C14H25N3O3/c1-10(2)9-20-16-14(19)17-6-4-3-5-12(17)11-7-13(18)15-8-11/h10-12H,3-9H2,1-2H3,(H,15,18)(H,16,19)/t11-,12-/m0/s1. The van der Waals surface area contributed by atoms with Crippen LogP contribution in [0.1, 0.15) is 39.5 Å². The number of hydrogen-bond acceptors (Lipinski definition) is 3. The summed E-state index contributed by atoms with van der Waals surface area (Å²) in [4.78, 5) is 30.6. The van der Waals surface area contributed by atoms with Crippen LogP contribution in [0.5, 0.6) is 0 Å². The van der Waals surface area contributed by atoms with E-state index < -0.39 is 0 Å². The van der Waals surface area contributed by atoms with Gasteiger partial charge in [0.15, 0.2) is 0 Å². The van der Waals surface area contributed by atoms with Gasteiger partial charge in [-0.05, 0) is 25.2 Å². The highest BCUT2D eigenvalue weighted by atomic mass is 16.7. The summed E-state index contributed by atoms with van der Waals surface area (Å²) in [5, 5.41) is 2.86. The number of piperidine rings is 1. The molecule has 6 nitrogen and oxygen atoms in total. The van der Waals surface area contributed by atoms with Crippen molar-refractivity contribution in [3.8, 4) is 0 Å². The fourth-order valence-corrected chi connectivity index (χ4v) is 2.93. The van der Waals surface area contributed by atoms with Crippen molar-refractivity contribution in [2.45, 2.75) is 45.6 Å². The fraction of sp³-hybridized carbons (Fsp3) is 0.857. The number of carbonyl (C=O) groups excluding carboxylic acids is 2. The Morgan fingerprint density at radius 1 is 1.50 bits per heavy atom. The third-order valence-electron chi connectivity index (χ3n) is 3.94. The molecule has 2 aliphatic heterocycles. The lowest BCUT2D eigenvalue weighted by Gasteiger charge is -2.38. The van der Waals surface area contributed by atoms with Crippen LogP contribution in [0, 0.1) is 11.8 Å². The van der Waals surface area contributed by atoms with Gasteiger partial charge in [-0.25, -0.2) is 10.3 Å². The highest BCUT2D eigenvalue weighted by Gasteiger charge is 2.36. The molecule has 0 aliphatic carbocycles. The number of nitrogens with one attached hydrogen (secondary N) is 2. The number of carbonyl (C=O) groups is 2. The number of likely N-dealkylation sites (tertiary alicyclic amines) is 1. The molecule has 6 heteroatoms. The summed E-state index contributed by atoms with van der Waals surface area (Å²) in [5.74, 6) is 0.708. The van der Waals surface area contributed by atoms with E-state index in [4.69, 9.17) is 4.84 Å². The molecule has 0 spiro atoms. The zero-order valence-corrected chi connectivity index (χ0v) is 12.4. The maximum Gasteiger partial charge on any atom is 0.341 e. The lowest BCUT2D eigenvalue weighted by atomic mass is 9.90. The minimum atomic E-state index is -0.172. The molecule has 2 saturated heterocycles. The second kappa shape index (κ2) is 6.92. The Hall–Kier alpha value is -1.30. The number of hydroxylamine groups is 1. The van der Waals surface area contributed by atoms with Crippen LogP contribution in [0.2, 0.25) is 0 Å². The third kappa shape index (κ3) is 3.85. The van der Waals surface area contributed by atoms with Gasteiger partial charge in [0.2, 0.25) is 5.91 Å². The number of rotatable bonds is 4. The summed E-state index contributed by atoms with van der Waals surface area (Å²) >= 11 is 0. The molecule has 0 aromatic heterocycles. The number of amides is 3. The quantitative estimate of drug-likeness (QED) is 0.763. The van der Waals surface area contributed by atoms with Gasteiger partial charge in [-0.15, -0.1) is 0 Å². The van der Waals surface area contributed by atoms with Crippen LogP contribution in [0.25, 0.3) is 0 Å². The minimum absolute atomic E-state index is 0.0944. The van der Waals surface area contributed by atoms with E-state index in [0.29, 0.717) is 25.5 Å². The molecule has 2 atom stereocenters. The van der Waals surface area contributed by atoms with Crippen LogP contribution >= 0.6 is 0 Å². The molecule has 0 saturated carbocycles. The Morgan fingerprint density at radius 3 is 2.95 bits per heavy atom. The molecule has 0 radical (unpaired) electrons. The van der Waals surface area contributed by atoms with Gasteiger partial charge in [0.05, 0.1) is 6.61 Å². The molecular weight excluding hydrogens is 258 g/mol. The summed E-state index contributed by atoms with van der Waals surface area (Å²) in [6.45, 7) is 6.00. The lowest BCUT2D eigenvalue weighted by molar-refractivity contribution is -0.119. The van der Waals surface area contributed by atoms with Crippen molar-refractivity contribution in [2.75, 3.05) is 19.7 Å². The molecule has 2 aliphatic rings. The zero-order chi connectivity index (χ0) is 14.5. The zero-order valence-electron chi connectivity index (χ0n) is 12.4. The molecule has 114 valence electrons. The average Bonchev–Trinajstić information content (AvgIpc) is 2.85. The molecule has 2 heterocycles. The maximum absolute atomic E-state index is 12.2. The lowest BCUT2D eigenvalue weighted by Crippen LogP contribution is -2.52. The Labute approximate surface area is 120 Å². The molecular formula is C14H25N3O3. The van der Waals surface area contributed by atoms with Crippen molar-refractivity contribution >= 4 is 11.9 Å². The summed E-state index contributed by atoms with van der Waals surface area (Å²) in [6.07, 6.45) is 3.63. The van der Waals surface area contributed by atoms with E-state index in [-0.39, 0.29) is 23.9 Å². The third-order valence-corrected chi connectivity index (χ3v) is 3.94. The average molecular weight is 283 g/mol. The monoisotopic (exact) mass is 283 g/mol. The molecule has 0 aromatic carbocycles. The van der Waals surface area contributed by atoms with Gasteiger partial charge in [0, 0.05) is 31.5 Å². The smallest absolute Gasteiger partial charge is 0.341 e. The minimum Gasteiger partial charge on any atom is -0.356 e. The Kier molecular flexibility index (Phi) is 5.23. The summed E-state index contributed by atoms with van der Waals surface area (Å²) < 4.78 is 0. The first-order valence-corrected chi connectivity index (χ1v) is 7.53. The fourth-order valence-electron chi connectivity index (χ4n) is 2.93. The van der Waals surface area contributed by atoms with Crippen molar-refractivity contribution in [3.05, 3.63) is 0 Å². The van der Waals surface area contributed by atoms with E-state index >= 15 is 0 Å². The van der Waals surface area contributed by atoms with Gasteiger partial charge in [-0.2, -0.15) is 0 Å². The Morgan fingerprint density at radius 2 is 2.30 bits per heavy atom. The Bertz CT molecular complexity index is 360. The number of hydrogen-bond donors (Lipinski definition) is 2. The van der Waals surface area contributed by atoms with Crippen molar-refractivity contribution in [1.82, 2.24) is 15.7 Å². The maximum atomic E-state index is 12.2. The predicted octanol–water partition coefficient (Wildman–Crippen LogP) is 1.27. The first-order valence-electron chi connectivity index (χ1n) is 7.53. The second-order valence-corrected chi connectivity index (χ2v) is 6.14. The van der Waals surface area contributed by atoms with Gasteiger partial charge in [0.25, 0.3) is 0 Å². The van der Waals surface area contributed by atoms with Crippen LogP contribution in [-0.2, 0) is 9.63 Å². The molecule has 0 aromatic rings. The summed E-state index contributed by atoms with van der Waals surface area (Å²) in [7, 11) is 0. The van der Waals surface area contributed by atoms with Crippen LogP contribution in [-0.4, -0.2) is 42.6 Å². The summed E-state index contributed by atoms with van der Waals surface area (Å²) in [6, 6.07) is -0.0277. The van der Waals surface area contributed by atoms with Crippen molar-refractivity contribution in [3.63, 3.8) is 0 Å². The highest BCUT2D eigenvalue weighted by molar-refractivity contribution is 5.79. The van der Waals surface area contributed by atoms with Crippen LogP contribution in [0.4, 0.5) is 4.79 Å². The van der Waals surface area contributed by atoms with Crippen LogP contribution in [0.15, 0.2) is 0 Å². The van der Waals surface area contributed by atoms with Gasteiger partial charge in [-0.1, -0.05) is 13.8 Å². The van der Waals surface area contributed by atoms with E-state index in [9.17, 15) is 9.59 Å². The van der Waals surface area contributed by atoms with E-state index in [1.807, 2.05) is 18.7 Å². The molecule has 2 N–H and O–H groups in total. The largest absolute Gasteiger partial charge is 0.356 e. The molecule has 0 unspecified atom stereocenters. The normalized spacial score (nSPS) is 26.8. The first-order chi connectivity index (χ1) is 9.58. The Balaban J connectivity index is 1.89. The number of nitrogens with zero attached hydrogens (tertiary/aromatic N) is 1. The molecule has 2 fully saturated rings. The second-order valence-electron chi connectivity index (χ2n) is 6.14. The van der Waals surface area contributed by atoms with Gasteiger partial charge < -0.3 is 10.2 Å². The van der Waals surface area contributed by atoms with Crippen molar-refractivity contribution < 1.29 is 14.4 Å². The molecule has 0 bridgehead atoms. The SMILES string of the molecule is CC(C)CONC(=O)N1CCCC[C@H]1[C@@H]1CNC(=O)C1. The van der Waals surface area contributed by atoms with E-state index in [0.717, 1.165) is 25.8 Å². The van der Waals surface area contributed by atoms with Crippen LogP contribution in [0.3, 0.4) is 0 Å².